The van der Waals surface area contributed by atoms with Gasteiger partial charge in [0.2, 0.25) is 15.9 Å². The van der Waals surface area contributed by atoms with E-state index in [1.165, 1.54) is 46.5 Å². The van der Waals surface area contributed by atoms with E-state index in [1.807, 2.05) is 0 Å². The third-order valence-corrected chi connectivity index (χ3v) is 5.81. The van der Waals surface area contributed by atoms with Crippen LogP contribution in [0, 0.1) is 0 Å². The number of carbonyl (C=O) groups excluding carboxylic acids is 2. The van der Waals surface area contributed by atoms with Crippen molar-refractivity contribution < 1.29 is 27.5 Å². The molecule has 2 rings (SSSR count). The highest BCUT2D eigenvalue weighted by molar-refractivity contribution is 7.89. The molecule has 0 atom stereocenters. The minimum Gasteiger partial charge on any atom is -0.495 e. The van der Waals surface area contributed by atoms with Crippen molar-refractivity contribution in [3.8, 4) is 5.75 Å². The van der Waals surface area contributed by atoms with Gasteiger partial charge in [-0.3, -0.25) is 4.79 Å². The molecule has 2 N–H and O–H groups in total. The van der Waals surface area contributed by atoms with Gasteiger partial charge in [0, 0.05) is 25.5 Å². The first-order valence-electron chi connectivity index (χ1n) is 8.52. The van der Waals surface area contributed by atoms with Crippen molar-refractivity contribution in [3.05, 3.63) is 48.0 Å². The van der Waals surface area contributed by atoms with E-state index in [1.54, 1.807) is 24.3 Å². The molecule has 0 aliphatic heterocycles. The Morgan fingerprint density at radius 1 is 1.07 bits per heavy atom. The summed E-state index contributed by atoms with van der Waals surface area (Å²) in [6.45, 7) is -0.143. The molecular weight excluding hydrogens is 398 g/mol. The van der Waals surface area contributed by atoms with E-state index < -0.39 is 21.9 Å². The molecule has 0 fully saturated rings. The lowest BCUT2D eigenvalue weighted by atomic mass is 10.2. The molecule has 156 valence electrons. The number of ether oxygens (including phenoxy) is 2. The van der Waals surface area contributed by atoms with Gasteiger partial charge in [0.05, 0.1) is 26.3 Å². The summed E-state index contributed by atoms with van der Waals surface area (Å²) in [5, 5.41) is 5.49. The molecule has 0 saturated heterocycles. The van der Waals surface area contributed by atoms with Crippen LogP contribution in [0.4, 0.5) is 11.4 Å². The number of amides is 1. The Bertz CT molecular complexity index is 1000. The van der Waals surface area contributed by atoms with Gasteiger partial charge in [-0.05, 0) is 30.3 Å². The second-order valence-corrected chi connectivity index (χ2v) is 8.21. The van der Waals surface area contributed by atoms with Crippen molar-refractivity contribution in [3.63, 3.8) is 0 Å². The standard InChI is InChI=1S/C19H23N3O6S/c1-22(2)29(25,26)17-11-13(9-10-16(17)27-3)21-18(23)12-20-15-8-6-5-7-14(15)19(24)28-4/h5-11,20H,12H2,1-4H3,(H,21,23). The number of methoxy groups -OCH3 is 2. The van der Waals surface area contributed by atoms with E-state index in [0.29, 0.717) is 16.9 Å². The van der Waals surface area contributed by atoms with E-state index in [2.05, 4.69) is 10.6 Å². The van der Waals surface area contributed by atoms with Gasteiger partial charge in [-0.1, -0.05) is 12.1 Å². The molecule has 0 saturated carbocycles. The van der Waals surface area contributed by atoms with Crippen LogP contribution >= 0.6 is 0 Å². The van der Waals surface area contributed by atoms with Crippen LogP contribution in [-0.4, -0.2) is 59.5 Å². The van der Waals surface area contributed by atoms with Crippen molar-refractivity contribution in [2.75, 3.05) is 45.5 Å². The largest absolute Gasteiger partial charge is 0.495 e. The summed E-state index contributed by atoms with van der Waals surface area (Å²) in [6.07, 6.45) is 0. The fourth-order valence-corrected chi connectivity index (χ4v) is 3.53. The predicted octanol–water partition coefficient (Wildman–Crippen LogP) is 1.78. The quantitative estimate of drug-likeness (QED) is 0.625. The van der Waals surface area contributed by atoms with Crippen molar-refractivity contribution >= 4 is 33.3 Å². The molecule has 0 radical (unpaired) electrons. The smallest absolute Gasteiger partial charge is 0.339 e. The van der Waals surface area contributed by atoms with Crippen LogP contribution in [0.15, 0.2) is 47.4 Å². The van der Waals surface area contributed by atoms with Gasteiger partial charge >= 0.3 is 5.97 Å². The van der Waals surface area contributed by atoms with Gasteiger partial charge in [-0.25, -0.2) is 17.5 Å². The van der Waals surface area contributed by atoms with Gasteiger partial charge < -0.3 is 20.1 Å². The number of hydrogen-bond acceptors (Lipinski definition) is 7. The molecular formula is C19H23N3O6S. The second-order valence-electron chi connectivity index (χ2n) is 6.09. The van der Waals surface area contributed by atoms with Crippen LogP contribution in [0.3, 0.4) is 0 Å². The minimum atomic E-state index is -3.76. The zero-order valence-electron chi connectivity index (χ0n) is 16.6. The molecule has 0 aromatic heterocycles. The number of carbonyl (C=O) groups is 2. The number of nitrogens with zero attached hydrogens (tertiary/aromatic N) is 1. The summed E-state index contributed by atoms with van der Waals surface area (Å²) in [5.41, 5.74) is 1.03. The van der Waals surface area contributed by atoms with E-state index in [4.69, 9.17) is 9.47 Å². The highest BCUT2D eigenvalue weighted by Gasteiger charge is 2.23. The van der Waals surface area contributed by atoms with Gasteiger partial charge in [0.1, 0.15) is 10.6 Å². The number of hydrogen-bond donors (Lipinski definition) is 2. The lowest BCUT2D eigenvalue weighted by molar-refractivity contribution is -0.114. The van der Waals surface area contributed by atoms with Crippen molar-refractivity contribution in [1.29, 1.82) is 0 Å². The normalized spacial score (nSPS) is 11.1. The van der Waals surface area contributed by atoms with Crippen LogP contribution < -0.4 is 15.4 Å². The summed E-state index contributed by atoms with van der Waals surface area (Å²) in [6, 6.07) is 11.0. The Balaban J connectivity index is 2.15. The summed E-state index contributed by atoms with van der Waals surface area (Å²) >= 11 is 0. The Labute approximate surface area is 169 Å². The van der Waals surface area contributed by atoms with Gasteiger partial charge in [-0.15, -0.1) is 0 Å². The Morgan fingerprint density at radius 3 is 2.38 bits per heavy atom. The molecule has 0 aliphatic rings. The topological polar surface area (TPSA) is 114 Å². The first kappa shape index (κ1) is 22.2. The molecule has 0 unspecified atom stereocenters. The molecule has 0 bridgehead atoms. The molecule has 0 aliphatic carbocycles. The van der Waals surface area contributed by atoms with Crippen molar-refractivity contribution in [1.82, 2.24) is 4.31 Å². The highest BCUT2D eigenvalue weighted by Crippen LogP contribution is 2.28. The van der Waals surface area contributed by atoms with Crippen LogP contribution in [0.2, 0.25) is 0 Å². The van der Waals surface area contributed by atoms with Gasteiger partial charge in [-0.2, -0.15) is 0 Å². The molecule has 29 heavy (non-hydrogen) atoms. The fourth-order valence-electron chi connectivity index (χ4n) is 2.46. The van der Waals surface area contributed by atoms with Crippen LogP contribution in [0.25, 0.3) is 0 Å². The van der Waals surface area contributed by atoms with Crippen molar-refractivity contribution in [2.45, 2.75) is 4.90 Å². The lowest BCUT2D eigenvalue weighted by Gasteiger charge is -2.16. The summed E-state index contributed by atoms with van der Waals surface area (Å²) < 4.78 is 35.8. The first-order valence-corrected chi connectivity index (χ1v) is 9.96. The van der Waals surface area contributed by atoms with Crippen molar-refractivity contribution in [2.24, 2.45) is 0 Å². The SMILES string of the molecule is COC(=O)c1ccccc1NCC(=O)Nc1ccc(OC)c(S(=O)(=O)N(C)C)c1. The number of nitrogens with one attached hydrogen (secondary N) is 2. The van der Waals surface area contributed by atoms with Crippen LogP contribution in [0.5, 0.6) is 5.75 Å². The maximum atomic E-state index is 12.5. The molecule has 9 nitrogen and oxygen atoms in total. The van der Waals surface area contributed by atoms with Gasteiger partial charge in [0.15, 0.2) is 0 Å². The average Bonchev–Trinajstić information content (AvgIpc) is 2.71. The lowest BCUT2D eigenvalue weighted by Crippen LogP contribution is -2.24. The van der Waals surface area contributed by atoms with Gasteiger partial charge in [0.25, 0.3) is 0 Å². The fraction of sp³-hybridized carbons (Fsp3) is 0.263. The molecule has 10 heteroatoms. The van der Waals surface area contributed by atoms with E-state index in [9.17, 15) is 18.0 Å². The number of esters is 1. The number of para-hydroxylation sites is 1. The summed E-state index contributed by atoms with van der Waals surface area (Å²) in [4.78, 5) is 24.0. The average molecular weight is 421 g/mol. The maximum absolute atomic E-state index is 12.5. The summed E-state index contributed by atoms with van der Waals surface area (Å²) in [7, 11) is 1.69. The number of anilines is 2. The Morgan fingerprint density at radius 2 is 1.76 bits per heavy atom. The predicted molar refractivity (Wildman–Crippen MR) is 109 cm³/mol. The van der Waals surface area contributed by atoms with E-state index in [-0.39, 0.29) is 17.2 Å². The summed E-state index contributed by atoms with van der Waals surface area (Å²) in [5.74, 6) is -0.785. The zero-order chi connectivity index (χ0) is 21.6. The molecule has 0 spiro atoms. The Kier molecular flexibility index (Phi) is 7.18. The second kappa shape index (κ2) is 9.39. The number of benzene rings is 2. The maximum Gasteiger partial charge on any atom is 0.339 e. The van der Waals surface area contributed by atoms with Crippen LogP contribution in [0.1, 0.15) is 10.4 Å². The minimum absolute atomic E-state index is 0.0632. The number of rotatable bonds is 8. The van der Waals surface area contributed by atoms with Crippen LogP contribution in [-0.2, 0) is 19.6 Å². The zero-order valence-corrected chi connectivity index (χ0v) is 17.4. The van der Waals surface area contributed by atoms with E-state index >= 15 is 0 Å². The monoisotopic (exact) mass is 421 g/mol. The van der Waals surface area contributed by atoms with E-state index in [0.717, 1.165) is 4.31 Å². The Hall–Kier alpha value is -3.11. The third-order valence-electron chi connectivity index (χ3n) is 3.98. The molecule has 1 amide bonds. The highest BCUT2D eigenvalue weighted by atomic mass is 32.2. The molecule has 2 aromatic rings. The molecule has 2 aromatic carbocycles. The first-order chi connectivity index (χ1) is 13.7. The molecule has 0 heterocycles. The third kappa shape index (κ3) is 5.24. The number of sulfonamides is 1.